The quantitative estimate of drug-likeness (QED) is 0.788. The lowest BCUT2D eigenvalue weighted by atomic mass is 10.1. The molecule has 25 heavy (non-hydrogen) atoms. The third kappa shape index (κ3) is 4.48. The zero-order chi connectivity index (χ0) is 18.0. The Balaban J connectivity index is 1.55. The van der Waals surface area contributed by atoms with Crippen LogP contribution in [-0.4, -0.2) is 35.8 Å². The molecule has 2 N–H and O–H groups in total. The number of aliphatic carboxylic acids is 1. The molecule has 136 valence electrons. The first kappa shape index (κ1) is 17.7. The summed E-state index contributed by atoms with van der Waals surface area (Å²) in [5, 5.41) is 11.6. The summed E-state index contributed by atoms with van der Waals surface area (Å²) in [4.78, 5) is 23.1. The van der Waals surface area contributed by atoms with E-state index >= 15 is 0 Å². The van der Waals surface area contributed by atoms with Gasteiger partial charge in [-0.2, -0.15) is 0 Å². The van der Waals surface area contributed by atoms with E-state index in [1.165, 1.54) is 6.07 Å². The van der Waals surface area contributed by atoms with Crippen molar-refractivity contribution in [3.8, 4) is 5.75 Å². The lowest BCUT2D eigenvalue weighted by Crippen LogP contribution is -2.37. The molecule has 7 heteroatoms. The molecule has 3 atom stereocenters. The summed E-state index contributed by atoms with van der Waals surface area (Å²) in [7, 11) is 0. The normalized spacial score (nSPS) is 23.9. The van der Waals surface area contributed by atoms with E-state index in [-0.39, 0.29) is 11.7 Å². The first-order valence-corrected chi connectivity index (χ1v) is 8.55. The zero-order valence-electron chi connectivity index (χ0n) is 14.0. The fourth-order valence-corrected chi connectivity index (χ4v) is 2.80. The van der Waals surface area contributed by atoms with Gasteiger partial charge in [0.05, 0.1) is 12.6 Å². The summed E-state index contributed by atoms with van der Waals surface area (Å²) in [6, 6.07) is 4.21. The van der Waals surface area contributed by atoms with Gasteiger partial charge in [0.25, 0.3) is 0 Å². The van der Waals surface area contributed by atoms with E-state index in [1.54, 1.807) is 19.1 Å². The van der Waals surface area contributed by atoms with E-state index in [9.17, 15) is 14.0 Å². The molecule has 0 bridgehead atoms. The van der Waals surface area contributed by atoms with Gasteiger partial charge in [0.2, 0.25) is 5.91 Å². The number of carbonyl (C=O) groups excluding carboxylic acids is 1. The largest absolute Gasteiger partial charge is 0.490 e. The fourth-order valence-electron chi connectivity index (χ4n) is 2.80. The maximum absolute atomic E-state index is 14.1. The minimum absolute atomic E-state index is 0.220. The predicted molar refractivity (Wildman–Crippen MR) is 86.7 cm³/mol. The molecule has 6 nitrogen and oxygen atoms in total. The second-order valence-electron chi connectivity index (χ2n) is 6.70. The maximum Gasteiger partial charge on any atom is 0.332 e. The summed E-state index contributed by atoms with van der Waals surface area (Å²) in [6.07, 6.45) is 1.21. The van der Waals surface area contributed by atoms with Crippen molar-refractivity contribution in [3.63, 3.8) is 0 Å². The van der Waals surface area contributed by atoms with Crippen LogP contribution in [0.3, 0.4) is 0 Å². The molecule has 1 aliphatic heterocycles. The van der Waals surface area contributed by atoms with Crippen LogP contribution in [0.2, 0.25) is 0 Å². The van der Waals surface area contributed by atoms with Crippen LogP contribution in [0.1, 0.15) is 44.2 Å². The molecule has 0 spiro atoms. The van der Waals surface area contributed by atoms with Gasteiger partial charge in [0.15, 0.2) is 17.7 Å². The number of benzene rings is 1. The molecule has 0 radical (unpaired) electrons. The molecule has 1 saturated heterocycles. The topological polar surface area (TPSA) is 84.9 Å². The lowest BCUT2D eigenvalue weighted by molar-refractivity contribution is -0.151. The first-order chi connectivity index (χ1) is 11.9. The molecule has 1 saturated carbocycles. The summed E-state index contributed by atoms with van der Waals surface area (Å²) < 4.78 is 24.8. The van der Waals surface area contributed by atoms with E-state index in [0.717, 1.165) is 12.8 Å². The van der Waals surface area contributed by atoms with Crippen LogP contribution >= 0.6 is 0 Å². The maximum atomic E-state index is 14.1. The number of hydrogen-bond donors (Lipinski definition) is 2. The third-order valence-corrected chi connectivity index (χ3v) is 4.57. The lowest BCUT2D eigenvalue weighted by Gasteiger charge is -2.18. The number of carboxylic acid groups (broad SMARTS) is 1. The zero-order valence-corrected chi connectivity index (χ0v) is 14.0. The molecule has 1 heterocycles. The van der Waals surface area contributed by atoms with Gasteiger partial charge >= 0.3 is 5.97 Å². The Bertz CT molecular complexity index is 661. The Labute approximate surface area is 145 Å². The number of amides is 1. The van der Waals surface area contributed by atoms with Gasteiger partial charge in [-0.15, -0.1) is 0 Å². The Morgan fingerprint density at radius 2 is 2.04 bits per heavy atom. The molecule has 2 fully saturated rings. The van der Waals surface area contributed by atoms with Crippen LogP contribution in [0, 0.1) is 11.7 Å². The van der Waals surface area contributed by atoms with E-state index in [2.05, 4.69) is 5.32 Å². The minimum atomic E-state index is -1.06. The summed E-state index contributed by atoms with van der Waals surface area (Å²) in [5.74, 6) is -1.14. The van der Waals surface area contributed by atoms with E-state index in [1.807, 2.05) is 0 Å². The standard InChI is InChI=1S/C18H22FNO5/c1-10(20-17(21)15-6-7-16(25-15)18(22)23)12-4-5-14(13(19)8-12)24-9-11-2-3-11/h4-5,8,10-11,15-16H,2-3,6-7,9H2,1H3,(H,20,21)(H,22,23)/t10?,15-,16+/m0/s1. The molecular weight excluding hydrogens is 329 g/mol. The molecule has 1 aromatic carbocycles. The highest BCUT2D eigenvalue weighted by molar-refractivity contribution is 5.83. The molecule has 3 rings (SSSR count). The fraction of sp³-hybridized carbons (Fsp3) is 0.556. The van der Waals surface area contributed by atoms with Crippen molar-refractivity contribution in [1.29, 1.82) is 0 Å². The number of hydrogen-bond acceptors (Lipinski definition) is 4. The van der Waals surface area contributed by atoms with Crippen molar-refractivity contribution >= 4 is 11.9 Å². The van der Waals surface area contributed by atoms with Gasteiger partial charge in [0, 0.05) is 0 Å². The summed E-state index contributed by atoms with van der Waals surface area (Å²) in [6.45, 7) is 2.27. The van der Waals surface area contributed by atoms with E-state index in [4.69, 9.17) is 14.6 Å². The Morgan fingerprint density at radius 1 is 1.32 bits per heavy atom. The average molecular weight is 351 g/mol. The highest BCUT2D eigenvalue weighted by atomic mass is 19.1. The number of nitrogens with one attached hydrogen (secondary N) is 1. The van der Waals surface area contributed by atoms with Crippen LogP contribution in [0.15, 0.2) is 18.2 Å². The minimum Gasteiger partial charge on any atom is -0.490 e. The van der Waals surface area contributed by atoms with Gasteiger partial charge in [-0.1, -0.05) is 6.07 Å². The number of ether oxygens (including phenoxy) is 2. The van der Waals surface area contributed by atoms with Crippen LogP contribution in [0.25, 0.3) is 0 Å². The van der Waals surface area contributed by atoms with Gasteiger partial charge in [-0.05, 0) is 56.2 Å². The number of halogens is 1. The number of rotatable bonds is 7. The molecule has 0 aromatic heterocycles. The van der Waals surface area contributed by atoms with Crippen LogP contribution < -0.4 is 10.1 Å². The van der Waals surface area contributed by atoms with Crippen molar-refractivity contribution in [3.05, 3.63) is 29.6 Å². The van der Waals surface area contributed by atoms with E-state index in [0.29, 0.717) is 30.9 Å². The summed E-state index contributed by atoms with van der Waals surface area (Å²) >= 11 is 0. The third-order valence-electron chi connectivity index (χ3n) is 4.57. The summed E-state index contributed by atoms with van der Waals surface area (Å²) in [5.41, 5.74) is 0.609. The molecule has 2 aliphatic rings. The highest BCUT2D eigenvalue weighted by Crippen LogP contribution is 2.30. The second kappa shape index (κ2) is 7.39. The smallest absolute Gasteiger partial charge is 0.332 e. The van der Waals surface area contributed by atoms with Crippen molar-refractivity contribution in [2.45, 2.75) is 50.9 Å². The second-order valence-corrected chi connectivity index (χ2v) is 6.70. The van der Waals surface area contributed by atoms with Crippen molar-refractivity contribution in [1.82, 2.24) is 5.32 Å². The van der Waals surface area contributed by atoms with Gasteiger partial charge in [0.1, 0.15) is 6.10 Å². The van der Waals surface area contributed by atoms with Gasteiger partial charge in [-0.25, -0.2) is 9.18 Å². The van der Waals surface area contributed by atoms with Crippen molar-refractivity contribution in [2.24, 2.45) is 5.92 Å². The molecule has 1 unspecified atom stereocenters. The van der Waals surface area contributed by atoms with Gasteiger partial charge < -0.3 is 19.9 Å². The Kier molecular flexibility index (Phi) is 5.22. The van der Waals surface area contributed by atoms with Crippen LogP contribution in [0.5, 0.6) is 5.75 Å². The van der Waals surface area contributed by atoms with Crippen molar-refractivity contribution < 1.29 is 28.6 Å². The first-order valence-electron chi connectivity index (χ1n) is 8.55. The Morgan fingerprint density at radius 3 is 2.64 bits per heavy atom. The monoisotopic (exact) mass is 351 g/mol. The van der Waals surface area contributed by atoms with Gasteiger partial charge in [-0.3, -0.25) is 4.79 Å². The Hall–Kier alpha value is -2.15. The molecule has 1 aliphatic carbocycles. The van der Waals surface area contributed by atoms with Crippen molar-refractivity contribution in [2.75, 3.05) is 6.61 Å². The highest BCUT2D eigenvalue weighted by Gasteiger charge is 2.35. The predicted octanol–water partition coefficient (Wildman–Crippen LogP) is 2.42. The molecule has 1 aromatic rings. The van der Waals surface area contributed by atoms with E-state index < -0.39 is 30.0 Å². The molecular formula is C18H22FNO5. The molecule has 1 amide bonds. The van der Waals surface area contributed by atoms with Crippen LogP contribution in [-0.2, 0) is 14.3 Å². The number of carboxylic acids is 1. The average Bonchev–Trinajstić information content (AvgIpc) is 3.26. The van der Waals surface area contributed by atoms with Crippen LogP contribution in [0.4, 0.5) is 4.39 Å². The number of carbonyl (C=O) groups is 2. The SMILES string of the molecule is CC(NC(=O)[C@@H]1CC[C@H](C(=O)O)O1)c1ccc(OCC2CC2)c(F)c1.